The van der Waals surface area contributed by atoms with Crippen LogP contribution in [0, 0.1) is 0 Å². The second kappa shape index (κ2) is 8.50. The third-order valence-electron chi connectivity index (χ3n) is 4.56. The van der Waals surface area contributed by atoms with E-state index in [-0.39, 0.29) is 11.9 Å². The number of ether oxygens (including phenoxy) is 1. The first-order valence-electron chi connectivity index (χ1n) is 8.43. The molecule has 2 aliphatic rings. The number of morpholine rings is 1. The van der Waals surface area contributed by atoms with Crippen molar-refractivity contribution in [3.8, 4) is 0 Å². The molecule has 1 aromatic rings. The van der Waals surface area contributed by atoms with Crippen LogP contribution in [0.1, 0.15) is 24.4 Å². The van der Waals surface area contributed by atoms with Gasteiger partial charge in [-0.2, -0.15) is 0 Å². The smallest absolute Gasteiger partial charge is 0.242 e. The molecule has 0 aromatic heterocycles. The summed E-state index contributed by atoms with van der Waals surface area (Å²) in [5, 5.41) is 7.60. The van der Waals surface area contributed by atoms with E-state index in [0.29, 0.717) is 36.3 Å². The third-order valence-corrected chi connectivity index (χ3v) is 5.12. The van der Waals surface area contributed by atoms with Gasteiger partial charge in [-0.3, -0.25) is 9.69 Å². The van der Waals surface area contributed by atoms with Gasteiger partial charge in [0.05, 0.1) is 13.2 Å². The Hall–Kier alpha value is -0.850. The van der Waals surface area contributed by atoms with Crippen molar-refractivity contribution in [2.45, 2.75) is 24.9 Å². The zero-order valence-corrected chi connectivity index (χ0v) is 15.1. The number of rotatable bonds is 4. The predicted molar refractivity (Wildman–Crippen MR) is 95.6 cm³/mol. The summed E-state index contributed by atoms with van der Waals surface area (Å²) in [5.74, 6) is -0.00479. The molecule has 2 N–H and O–H groups in total. The number of nitrogens with one attached hydrogen (secondary N) is 2. The molecule has 0 saturated carbocycles. The summed E-state index contributed by atoms with van der Waals surface area (Å²) in [6, 6.07) is 5.08. The summed E-state index contributed by atoms with van der Waals surface area (Å²) in [7, 11) is 0. The first-order valence-corrected chi connectivity index (χ1v) is 9.18. The van der Waals surface area contributed by atoms with Crippen molar-refractivity contribution in [2.24, 2.45) is 0 Å². The van der Waals surface area contributed by atoms with E-state index in [4.69, 9.17) is 27.9 Å². The molecule has 0 aliphatic carbocycles. The van der Waals surface area contributed by atoms with Crippen LogP contribution in [0.3, 0.4) is 0 Å². The number of amides is 1. The van der Waals surface area contributed by atoms with Crippen LogP contribution in [0.15, 0.2) is 18.2 Å². The predicted octanol–water partition coefficient (Wildman–Crippen LogP) is 2.23. The van der Waals surface area contributed by atoms with Gasteiger partial charge in [-0.1, -0.05) is 29.3 Å². The first-order chi connectivity index (χ1) is 11.6. The molecule has 1 amide bonds. The first kappa shape index (κ1) is 18.0. The molecule has 132 valence electrons. The van der Waals surface area contributed by atoms with Crippen LogP contribution in [0.2, 0.25) is 10.0 Å². The number of hydrogen-bond donors (Lipinski definition) is 2. The van der Waals surface area contributed by atoms with Crippen LogP contribution < -0.4 is 10.6 Å². The molecular weight excluding hydrogens is 349 g/mol. The van der Waals surface area contributed by atoms with E-state index < -0.39 is 6.04 Å². The van der Waals surface area contributed by atoms with Crippen LogP contribution in [0.25, 0.3) is 0 Å². The second-order valence-corrected chi connectivity index (χ2v) is 7.11. The van der Waals surface area contributed by atoms with Crippen LogP contribution in [0.4, 0.5) is 0 Å². The van der Waals surface area contributed by atoms with Gasteiger partial charge in [-0.25, -0.2) is 0 Å². The maximum atomic E-state index is 13.0. The molecule has 0 bridgehead atoms. The molecule has 7 heteroatoms. The third kappa shape index (κ3) is 4.41. The molecule has 3 rings (SSSR count). The average molecular weight is 372 g/mol. The van der Waals surface area contributed by atoms with E-state index in [9.17, 15) is 4.79 Å². The van der Waals surface area contributed by atoms with Crippen molar-refractivity contribution in [3.05, 3.63) is 33.8 Å². The standard InChI is InChI=1S/C17H23Cl2N3O2/c18-12-3-4-14(15(19)10-12)16(22-6-8-24-9-7-22)17(23)21-13-2-1-5-20-11-13/h3-4,10,13,16,20H,1-2,5-9,11H2,(H,21,23)/t13-,16?/m0/s1. The molecule has 5 nitrogen and oxygen atoms in total. The minimum atomic E-state index is -0.416. The van der Waals surface area contributed by atoms with Crippen molar-refractivity contribution < 1.29 is 9.53 Å². The lowest BCUT2D eigenvalue weighted by Crippen LogP contribution is -2.51. The lowest BCUT2D eigenvalue weighted by Gasteiger charge is -2.35. The summed E-state index contributed by atoms with van der Waals surface area (Å²) >= 11 is 12.4. The minimum absolute atomic E-state index is 0.00479. The lowest BCUT2D eigenvalue weighted by atomic mass is 10.0. The maximum absolute atomic E-state index is 13.0. The Kier molecular flexibility index (Phi) is 6.36. The number of carbonyl (C=O) groups is 1. The molecule has 2 atom stereocenters. The number of halogens is 2. The molecule has 2 heterocycles. The quantitative estimate of drug-likeness (QED) is 0.851. The monoisotopic (exact) mass is 371 g/mol. The van der Waals surface area contributed by atoms with Gasteiger partial charge >= 0.3 is 0 Å². The molecule has 2 saturated heterocycles. The van der Waals surface area contributed by atoms with Crippen molar-refractivity contribution in [3.63, 3.8) is 0 Å². The highest BCUT2D eigenvalue weighted by molar-refractivity contribution is 6.35. The van der Waals surface area contributed by atoms with E-state index >= 15 is 0 Å². The minimum Gasteiger partial charge on any atom is -0.379 e. The molecule has 0 spiro atoms. The summed E-state index contributed by atoms with van der Waals surface area (Å²) < 4.78 is 5.43. The van der Waals surface area contributed by atoms with Gasteiger partial charge in [-0.15, -0.1) is 0 Å². The summed E-state index contributed by atoms with van der Waals surface area (Å²) in [4.78, 5) is 15.2. The molecule has 24 heavy (non-hydrogen) atoms. The van der Waals surface area contributed by atoms with Crippen LogP contribution in [0.5, 0.6) is 0 Å². The van der Waals surface area contributed by atoms with Gasteiger partial charge in [0.25, 0.3) is 0 Å². The molecular formula is C17H23Cl2N3O2. The van der Waals surface area contributed by atoms with Gasteiger partial charge in [-0.05, 0) is 37.1 Å². The molecule has 2 aliphatic heterocycles. The van der Waals surface area contributed by atoms with Gasteiger partial charge < -0.3 is 15.4 Å². The fourth-order valence-electron chi connectivity index (χ4n) is 3.32. The fraction of sp³-hybridized carbons (Fsp3) is 0.588. The Morgan fingerprint density at radius 2 is 2.12 bits per heavy atom. The lowest BCUT2D eigenvalue weighted by molar-refractivity contribution is -0.129. The van der Waals surface area contributed by atoms with Gasteiger partial charge in [0.2, 0.25) is 5.91 Å². The SMILES string of the molecule is O=C(N[C@H]1CCCNC1)C(c1ccc(Cl)cc1Cl)N1CCOCC1. The Morgan fingerprint density at radius 3 is 2.79 bits per heavy atom. The summed E-state index contributed by atoms with van der Waals surface area (Å²) in [6.45, 7) is 4.50. The van der Waals surface area contributed by atoms with Gasteiger partial charge in [0, 0.05) is 35.7 Å². The Morgan fingerprint density at radius 1 is 1.33 bits per heavy atom. The van der Waals surface area contributed by atoms with E-state index in [2.05, 4.69) is 15.5 Å². The number of carbonyl (C=O) groups excluding carboxylic acids is 1. The zero-order chi connectivity index (χ0) is 16.9. The van der Waals surface area contributed by atoms with Gasteiger partial charge in [0.1, 0.15) is 6.04 Å². The summed E-state index contributed by atoms with van der Waals surface area (Å²) in [6.07, 6.45) is 2.08. The van der Waals surface area contributed by atoms with E-state index in [1.807, 2.05) is 6.07 Å². The van der Waals surface area contributed by atoms with Crippen LogP contribution in [-0.4, -0.2) is 56.2 Å². The van der Waals surface area contributed by atoms with E-state index in [0.717, 1.165) is 31.5 Å². The van der Waals surface area contributed by atoms with Crippen LogP contribution >= 0.6 is 23.2 Å². The number of benzene rings is 1. The Labute approximate surface area is 152 Å². The average Bonchev–Trinajstić information content (AvgIpc) is 2.59. The molecule has 1 aromatic carbocycles. The fourth-order valence-corrected chi connectivity index (χ4v) is 3.83. The Balaban J connectivity index is 1.81. The number of nitrogens with zero attached hydrogens (tertiary/aromatic N) is 1. The topological polar surface area (TPSA) is 53.6 Å². The van der Waals surface area contributed by atoms with Gasteiger partial charge in [0.15, 0.2) is 0 Å². The number of hydrogen-bond acceptors (Lipinski definition) is 4. The highest BCUT2D eigenvalue weighted by atomic mass is 35.5. The van der Waals surface area contributed by atoms with Crippen molar-refractivity contribution in [1.82, 2.24) is 15.5 Å². The zero-order valence-electron chi connectivity index (χ0n) is 13.6. The highest BCUT2D eigenvalue weighted by Crippen LogP contribution is 2.31. The van der Waals surface area contributed by atoms with Crippen molar-refractivity contribution in [1.29, 1.82) is 0 Å². The molecule has 1 unspecified atom stereocenters. The van der Waals surface area contributed by atoms with Crippen molar-refractivity contribution in [2.75, 3.05) is 39.4 Å². The largest absolute Gasteiger partial charge is 0.379 e. The maximum Gasteiger partial charge on any atom is 0.242 e. The van der Waals surface area contributed by atoms with Crippen molar-refractivity contribution >= 4 is 29.1 Å². The van der Waals surface area contributed by atoms with E-state index in [1.165, 1.54) is 0 Å². The number of piperidine rings is 1. The highest BCUT2D eigenvalue weighted by Gasteiger charge is 2.32. The molecule has 2 fully saturated rings. The molecule has 0 radical (unpaired) electrons. The van der Waals surface area contributed by atoms with Crippen LogP contribution in [-0.2, 0) is 9.53 Å². The van der Waals surface area contributed by atoms with E-state index in [1.54, 1.807) is 12.1 Å². The Bertz CT molecular complexity index is 573. The summed E-state index contributed by atoms with van der Waals surface area (Å²) in [5.41, 5.74) is 0.796. The second-order valence-electron chi connectivity index (χ2n) is 6.27. The normalized spacial score (nSPS) is 23.7.